The third-order valence-corrected chi connectivity index (χ3v) is 7.86. The Bertz CT molecular complexity index is 1330. The highest BCUT2D eigenvalue weighted by molar-refractivity contribution is 7.88. The molecule has 0 spiro atoms. The lowest BCUT2D eigenvalue weighted by Crippen LogP contribution is -2.45. The summed E-state index contributed by atoms with van der Waals surface area (Å²) in [5, 5.41) is 13.0. The predicted molar refractivity (Wildman–Crippen MR) is 140 cm³/mol. The molecule has 4 rings (SSSR count). The molecule has 0 bridgehead atoms. The first kappa shape index (κ1) is 27.0. The number of halogens is 1. The van der Waals surface area contributed by atoms with E-state index in [0.29, 0.717) is 23.6 Å². The Balaban J connectivity index is 1.48. The van der Waals surface area contributed by atoms with E-state index in [1.807, 2.05) is 12.1 Å². The maximum Gasteiger partial charge on any atom is 0.211 e. The molecule has 0 saturated carbocycles. The van der Waals surface area contributed by atoms with Gasteiger partial charge in [-0.05, 0) is 68.1 Å². The molecule has 2 heterocycles. The van der Waals surface area contributed by atoms with E-state index in [1.165, 1.54) is 19.6 Å². The number of aryl methyl sites for hydroxylation is 2. The molecule has 1 aromatic heterocycles. The number of methoxy groups -OCH3 is 1. The number of piperidine rings is 1. The van der Waals surface area contributed by atoms with E-state index >= 15 is 0 Å². The SMILES string of the molecule is COc1cc(CCCc2ncc(F)c(-c3cccc(CN(C4CCNCC4)S(C)(=O)=O)c3)n2)ccc1O. The maximum atomic E-state index is 14.8. The largest absolute Gasteiger partial charge is 0.504 e. The monoisotopic (exact) mass is 528 g/mol. The second kappa shape index (κ2) is 12.0. The Morgan fingerprint density at radius 2 is 1.92 bits per heavy atom. The van der Waals surface area contributed by atoms with E-state index in [-0.39, 0.29) is 24.0 Å². The van der Waals surface area contributed by atoms with Crippen molar-refractivity contribution in [3.8, 4) is 22.8 Å². The molecule has 0 aliphatic carbocycles. The molecule has 37 heavy (non-hydrogen) atoms. The van der Waals surface area contributed by atoms with Gasteiger partial charge in [0, 0.05) is 24.6 Å². The molecule has 1 aliphatic rings. The number of nitrogens with one attached hydrogen (secondary N) is 1. The van der Waals surface area contributed by atoms with Crippen LogP contribution in [0.5, 0.6) is 11.5 Å². The van der Waals surface area contributed by atoms with Crippen LogP contribution in [0.4, 0.5) is 4.39 Å². The molecule has 0 unspecified atom stereocenters. The Morgan fingerprint density at radius 3 is 2.65 bits per heavy atom. The van der Waals surface area contributed by atoms with Gasteiger partial charge in [0.05, 0.1) is 19.6 Å². The molecule has 0 radical (unpaired) electrons. The number of rotatable bonds is 10. The lowest BCUT2D eigenvalue weighted by Gasteiger charge is -2.32. The van der Waals surface area contributed by atoms with E-state index in [1.54, 1.807) is 34.6 Å². The summed E-state index contributed by atoms with van der Waals surface area (Å²) in [6.45, 7) is 1.80. The lowest BCUT2D eigenvalue weighted by atomic mass is 10.0. The summed E-state index contributed by atoms with van der Waals surface area (Å²) < 4.78 is 46.6. The van der Waals surface area contributed by atoms with Crippen molar-refractivity contribution in [1.29, 1.82) is 0 Å². The van der Waals surface area contributed by atoms with Crippen molar-refractivity contribution >= 4 is 10.0 Å². The first-order valence-electron chi connectivity index (χ1n) is 12.4. The van der Waals surface area contributed by atoms with Crippen LogP contribution >= 0.6 is 0 Å². The van der Waals surface area contributed by atoms with Crippen LogP contribution in [0.15, 0.2) is 48.7 Å². The Kier molecular flexibility index (Phi) is 8.73. The van der Waals surface area contributed by atoms with Crippen LogP contribution in [0.2, 0.25) is 0 Å². The average molecular weight is 529 g/mol. The number of sulfonamides is 1. The van der Waals surface area contributed by atoms with Gasteiger partial charge in [-0.25, -0.2) is 22.8 Å². The van der Waals surface area contributed by atoms with Crippen molar-refractivity contribution in [3.05, 3.63) is 71.4 Å². The van der Waals surface area contributed by atoms with E-state index in [0.717, 1.165) is 49.9 Å². The molecular weight excluding hydrogens is 495 g/mol. The number of aromatic nitrogens is 2. The van der Waals surface area contributed by atoms with Crippen molar-refractivity contribution in [2.24, 2.45) is 0 Å². The number of hydrogen-bond donors (Lipinski definition) is 2. The second-order valence-corrected chi connectivity index (χ2v) is 11.3. The van der Waals surface area contributed by atoms with Crippen molar-refractivity contribution < 1.29 is 22.7 Å². The number of phenols is 1. The smallest absolute Gasteiger partial charge is 0.211 e. The summed E-state index contributed by atoms with van der Waals surface area (Å²) >= 11 is 0. The van der Waals surface area contributed by atoms with E-state index in [9.17, 15) is 17.9 Å². The first-order valence-corrected chi connectivity index (χ1v) is 14.2. The van der Waals surface area contributed by atoms with Crippen LogP contribution in [0.25, 0.3) is 11.3 Å². The van der Waals surface area contributed by atoms with Gasteiger partial charge in [0.25, 0.3) is 0 Å². The molecule has 1 saturated heterocycles. The van der Waals surface area contributed by atoms with Gasteiger partial charge in [0.1, 0.15) is 11.5 Å². The van der Waals surface area contributed by atoms with Gasteiger partial charge < -0.3 is 15.2 Å². The molecule has 1 fully saturated rings. The van der Waals surface area contributed by atoms with Gasteiger partial charge in [-0.2, -0.15) is 4.31 Å². The van der Waals surface area contributed by atoms with Gasteiger partial charge in [-0.1, -0.05) is 24.3 Å². The molecule has 2 aromatic carbocycles. The fraction of sp³-hybridized carbons (Fsp3) is 0.407. The van der Waals surface area contributed by atoms with Gasteiger partial charge in [0.2, 0.25) is 10.0 Å². The minimum Gasteiger partial charge on any atom is -0.504 e. The molecular formula is C27H33FN4O4S. The highest BCUT2D eigenvalue weighted by Crippen LogP contribution is 2.27. The van der Waals surface area contributed by atoms with E-state index in [2.05, 4.69) is 15.3 Å². The summed E-state index contributed by atoms with van der Waals surface area (Å²) in [5.74, 6) is 0.519. The third kappa shape index (κ3) is 7.03. The Hall–Kier alpha value is -3.08. The zero-order valence-electron chi connectivity index (χ0n) is 21.2. The van der Waals surface area contributed by atoms with Crippen LogP contribution in [-0.4, -0.2) is 60.3 Å². The molecule has 3 aromatic rings. The maximum absolute atomic E-state index is 14.8. The zero-order chi connectivity index (χ0) is 26.4. The second-order valence-electron chi connectivity index (χ2n) is 9.33. The topological polar surface area (TPSA) is 105 Å². The van der Waals surface area contributed by atoms with Crippen molar-refractivity contribution in [3.63, 3.8) is 0 Å². The molecule has 8 nitrogen and oxygen atoms in total. The van der Waals surface area contributed by atoms with Crippen LogP contribution in [0.1, 0.15) is 36.2 Å². The molecule has 2 N–H and O–H groups in total. The van der Waals surface area contributed by atoms with Crippen molar-refractivity contribution in [2.45, 2.75) is 44.7 Å². The fourth-order valence-corrected chi connectivity index (χ4v) is 5.80. The average Bonchev–Trinajstić information content (AvgIpc) is 2.89. The first-order chi connectivity index (χ1) is 17.7. The Morgan fingerprint density at radius 1 is 1.14 bits per heavy atom. The van der Waals surface area contributed by atoms with Crippen molar-refractivity contribution in [1.82, 2.24) is 19.6 Å². The normalized spacial score (nSPS) is 14.7. The van der Waals surface area contributed by atoms with E-state index in [4.69, 9.17) is 4.74 Å². The number of hydrogen-bond acceptors (Lipinski definition) is 7. The minimum absolute atomic E-state index is 0.0594. The quantitative estimate of drug-likeness (QED) is 0.414. The van der Waals surface area contributed by atoms with Crippen molar-refractivity contribution in [2.75, 3.05) is 26.5 Å². The van der Waals surface area contributed by atoms with Gasteiger partial charge in [0.15, 0.2) is 17.3 Å². The summed E-state index contributed by atoms with van der Waals surface area (Å²) in [6.07, 6.45) is 5.95. The zero-order valence-corrected chi connectivity index (χ0v) is 22.0. The van der Waals surface area contributed by atoms with Gasteiger partial charge in [-0.3, -0.25) is 0 Å². The fourth-order valence-electron chi connectivity index (χ4n) is 4.66. The number of ether oxygens (including phenoxy) is 1. The van der Waals surface area contributed by atoms with Gasteiger partial charge >= 0.3 is 0 Å². The van der Waals surface area contributed by atoms with Crippen LogP contribution in [0.3, 0.4) is 0 Å². The minimum atomic E-state index is -3.41. The van der Waals surface area contributed by atoms with Gasteiger partial charge in [-0.15, -0.1) is 0 Å². The Labute approximate surface area is 217 Å². The highest BCUT2D eigenvalue weighted by Gasteiger charge is 2.28. The molecule has 10 heteroatoms. The van der Waals surface area contributed by atoms with Crippen LogP contribution in [-0.2, 0) is 29.4 Å². The number of phenolic OH excluding ortho intramolecular Hbond substituents is 1. The summed E-state index contributed by atoms with van der Waals surface area (Å²) in [7, 11) is -1.90. The summed E-state index contributed by atoms with van der Waals surface area (Å²) in [5.41, 5.74) is 2.57. The summed E-state index contributed by atoms with van der Waals surface area (Å²) in [6, 6.07) is 12.4. The molecule has 0 amide bonds. The number of nitrogens with zero attached hydrogens (tertiary/aromatic N) is 3. The van der Waals surface area contributed by atoms with Crippen LogP contribution < -0.4 is 10.1 Å². The van der Waals surface area contributed by atoms with E-state index < -0.39 is 15.8 Å². The van der Waals surface area contributed by atoms with Crippen LogP contribution in [0, 0.1) is 5.82 Å². The predicted octanol–water partition coefficient (Wildman–Crippen LogP) is 3.69. The third-order valence-electron chi connectivity index (χ3n) is 6.58. The number of benzene rings is 2. The number of aromatic hydroxyl groups is 1. The molecule has 198 valence electrons. The highest BCUT2D eigenvalue weighted by atomic mass is 32.2. The standard InChI is InChI=1S/C27H33FN4O4S/c1-36-25-16-19(9-10-24(25)33)5-4-8-26-30-17-23(28)27(31-26)21-7-3-6-20(15-21)18-32(37(2,34)35)22-11-13-29-14-12-22/h3,6-7,9-10,15-17,22,29,33H,4-5,8,11-14,18H2,1-2H3. The molecule has 1 aliphatic heterocycles. The summed E-state index contributed by atoms with van der Waals surface area (Å²) in [4.78, 5) is 8.65. The lowest BCUT2D eigenvalue weighted by molar-refractivity contribution is 0.258. The molecule has 0 atom stereocenters.